The second-order valence-corrected chi connectivity index (χ2v) is 4.59. The van der Waals surface area contributed by atoms with Crippen molar-refractivity contribution in [3.05, 3.63) is 40.7 Å². The molecule has 1 heterocycles. The quantitative estimate of drug-likeness (QED) is 0.690. The number of carbonyl (C=O) groups is 1. The molecule has 0 fully saturated rings. The highest BCUT2D eigenvalue weighted by atomic mass is 35.5. The zero-order valence-corrected chi connectivity index (χ0v) is 12.3. The van der Waals surface area contributed by atoms with Crippen molar-refractivity contribution in [1.29, 1.82) is 0 Å². The Hall–Kier alpha value is -2.34. The van der Waals surface area contributed by atoms with Crippen LogP contribution in [0.25, 0.3) is 0 Å². The molecule has 2 N–H and O–H groups in total. The van der Waals surface area contributed by atoms with Crippen LogP contribution in [0.3, 0.4) is 0 Å². The van der Waals surface area contributed by atoms with Gasteiger partial charge in [-0.3, -0.25) is 0 Å². The van der Waals surface area contributed by atoms with Gasteiger partial charge in [0.2, 0.25) is 0 Å². The second kappa shape index (κ2) is 6.41. The lowest BCUT2D eigenvalue weighted by Gasteiger charge is -2.09. The zero-order valence-electron chi connectivity index (χ0n) is 11.6. The van der Waals surface area contributed by atoms with Crippen LogP contribution in [0.15, 0.2) is 24.4 Å². The predicted octanol–water partition coefficient (Wildman–Crippen LogP) is 2.99. The highest BCUT2D eigenvalue weighted by molar-refractivity contribution is 6.30. The number of nitrogens with zero attached hydrogens (tertiary/aromatic N) is 2. The van der Waals surface area contributed by atoms with Crippen molar-refractivity contribution in [2.24, 2.45) is 0 Å². The van der Waals surface area contributed by atoms with Gasteiger partial charge in [0, 0.05) is 11.2 Å². The molecule has 0 saturated carbocycles. The molecule has 110 valence electrons. The molecule has 0 saturated heterocycles. The molecule has 7 heteroatoms. The minimum Gasteiger partial charge on any atom is -0.462 e. The van der Waals surface area contributed by atoms with Crippen LogP contribution in [-0.2, 0) is 4.74 Å². The summed E-state index contributed by atoms with van der Waals surface area (Å²) < 4.78 is 10.4. The first-order chi connectivity index (χ1) is 10.0. The van der Waals surface area contributed by atoms with Crippen LogP contribution in [0.5, 0.6) is 11.8 Å². The summed E-state index contributed by atoms with van der Waals surface area (Å²) in [5.41, 5.74) is 6.92. The van der Waals surface area contributed by atoms with Crippen LogP contribution in [0.1, 0.15) is 23.0 Å². The van der Waals surface area contributed by atoms with Gasteiger partial charge in [-0.25, -0.2) is 9.78 Å². The Morgan fingerprint density at radius 1 is 1.43 bits per heavy atom. The molecule has 0 aliphatic carbocycles. The second-order valence-electron chi connectivity index (χ2n) is 4.16. The maximum absolute atomic E-state index is 11.6. The number of benzene rings is 1. The number of nitrogens with two attached hydrogens (primary N) is 1. The Kier molecular flexibility index (Phi) is 4.59. The number of hydrogen-bond donors (Lipinski definition) is 1. The van der Waals surface area contributed by atoms with E-state index in [0.29, 0.717) is 27.7 Å². The lowest BCUT2D eigenvalue weighted by atomic mass is 10.2. The number of aryl methyl sites for hydroxylation is 1. The fourth-order valence-electron chi connectivity index (χ4n) is 1.61. The monoisotopic (exact) mass is 307 g/mol. The Morgan fingerprint density at radius 3 is 2.81 bits per heavy atom. The van der Waals surface area contributed by atoms with E-state index in [1.165, 1.54) is 6.20 Å². The molecule has 0 amide bonds. The summed E-state index contributed by atoms with van der Waals surface area (Å²) in [4.78, 5) is 19.7. The number of rotatable bonds is 4. The normalized spacial score (nSPS) is 10.2. The van der Waals surface area contributed by atoms with Gasteiger partial charge in [0.1, 0.15) is 0 Å². The van der Waals surface area contributed by atoms with Gasteiger partial charge in [-0.15, -0.1) is 0 Å². The van der Waals surface area contributed by atoms with E-state index >= 15 is 0 Å². The van der Waals surface area contributed by atoms with Crippen LogP contribution in [0, 0.1) is 6.92 Å². The molecule has 0 spiro atoms. The van der Waals surface area contributed by atoms with Gasteiger partial charge in [0.15, 0.2) is 5.75 Å². The highest BCUT2D eigenvalue weighted by Crippen LogP contribution is 2.28. The summed E-state index contributed by atoms with van der Waals surface area (Å²) in [6.07, 6.45) is 1.36. The minimum absolute atomic E-state index is 0.0922. The Morgan fingerprint density at radius 2 is 2.19 bits per heavy atom. The average molecular weight is 308 g/mol. The van der Waals surface area contributed by atoms with E-state index in [4.69, 9.17) is 26.8 Å². The molecule has 21 heavy (non-hydrogen) atoms. The first kappa shape index (κ1) is 15.1. The van der Waals surface area contributed by atoms with E-state index < -0.39 is 5.97 Å². The highest BCUT2D eigenvalue weighted by Gasteiger charge is 2.14. The lowest BCUT2D eigenvalue weighted by Crippen LogP contribution is -2.09. The van der Waals surface area contributed by atoms with E-state index in [1.807, 2.05) is 0 Å². The smallest absolute Gasteiger partial charge is 0.341 e. The van der Waals surface area contributed by atoms with Crippen LogP contribution < -0.4 is 10.5 Å². The average Bonchev–Trinajstić information content (AvgIpc) is 2.42. The first-order valence-corrected chi connectivity index (χ1v) is 6.62. The number of hydrogen-bond acceptors (Lipinski definition) is 6. The third-order valence-electron chi connectivity index (χ3n) is 2.63. The van der Waals surface area contributed by atoms with Crippen LogP contribution in [0.2, 0.25) is 5.02 Å². The van der Waals surface area contributed by atoms with Crippen LogP contribution in [-0.4, -0.2) is 22.5 Å². The molecule has 0 bridgehead atoms. The molecule has 0 aliphatic heterocycles. The van der Waals surface area contributed by atoms with Gasteiger partial charge in [-0.2, -0.15) is 4.98 Å². The van der Waals surface area contributed by atoms with Gasteiger partial charge >= 0.3 is 12.0 Å². The summed E-state index contributed by atoms with van der Waals surface area (Å²) in [6.45, 7) is 3.69. The molecule has 0 radical (unpaired) electrons. The zero-order chi connectivity index (χ0) is 15.4. The molecule has 0 aliphatic rings. The van der Waals surface area contributed by atoms with Crippen molar-refractivity contribution in [3.8, 4) is 11.8 Å². The van der Waals surface area contributed by atoms with Crippen molar-refractivity contribution in [3.63, 3.8) is 0 Å². The third-order valence-corrected chi connectivity index (χ3v) is 2.86. The number of anilines is 1. The van der Waals surface area contributed by atoms with Crippen molar-refractivity contribution in [1.82, 2.24) is 9.97 Å². The summed E-state index contributed by atoms with van der Waals surface area (Å²) >= 11 is 5.81. The first-order valence-electron chi connectivity index (χ1n) is 6.25. The SMILES string of the molecule is CCOC(=O)c1cnc(Oc2ccc(Cl)cc2N)nc1C. The Labute approximate surface area is 126 Å². The van der Waals surface area contributed by atoms with Gasteiger partial charge in [-0.1, -0.05) is 11.6 Å². The van der Waals surface area contributed by atoms with Gasteiger partial charge in [0.25, 0.3) is 0 Å². The number of ether oxygens (including phenoxy) is 2. The molecule has 2 rings (SSSR count). The van der Waals surface area contributed by atoms with E-state index in [9.17, 15) is 4.79 Å². The Bertz CT molecular complexity index is 677. The number of halogens is 1. The fourth-order valence-corrected chi connectivity index (χ4v) is 1.80. The van der Waals surface area contributed by atoms with E-state index in [0.717, 1.165) is 0 Å². The number of aromatic nitrogens is 2. The summed E-state index contributed by atoms with van der Waals surface area (Å²) in [5, 5.41) is 0.509. The van der Waals surface area contributed by atoms with Gasteiger partial charge in [-0.05, 0) is 32.0 Å². The molecule has 0 unspecified atom stereocenters. The molecule has 6 nitrogen and oxygen atoms in total. The van der Waals surface area contributed by atoms with Gasteiger partial charge < -0.3 is 15.2 Å². The van der Waals surface area contributed by atoms with Crippen molar-refractivity contribution < 1.29 is 14.3 Å². The predicted molar refractivity (Wildman–Crippen MR) is 78.7 cm³/mol. The molecule has 1 aromatic carbocycles. The number of esters is 1. The van der Waals surface area contributed by atoms with E-state index in [2.05, 4.69) is 9.97 Å². The van der Waals surface area contributed by atoms with E-state index in [1.54, 1.807) is 32.0 Å². The maximum atomic E-state index is 11.6. The van der Waals surface area contributed by atoms with Crippen LogP contribution >= 0.6 is 11.6 Å². The number of nitrogen functional groups attached to an aromatic ring is 1. The van der Waals surface area contributed by atoms with E-state index in [-0.39, 0.29) is 12.6 Å². The molecule has 1 aromatic heterocycles. The molecule has 2 aromatic rings. The van der Waals surface area contributed by atoms with Crippen molar-refractivity contribution in [2.75, 3.05) is 12.3 Å². The maximum Gasteiger partial charge on any atom is 0.341 e. The molecular formula is C14H14ClN3O3. The topological polar surface area (TPSA) is 87.3 Å². The summed E-state index contributed by atoms with van der Waals surface area (Å²) in [6, 6.07) is 4.92. The van der Waals surface area contributed by atoms with Gasteiger partial charge in [0.05, 0.1) is 23.6 Å². The fraction of sp³-hybridized carbons (Fsp3) is 0.214. The minimum atomic E-state index is -0.465. The standard InChI is InChI=1S/C14H14ClN3O3/c1-3-20-13(19)10-7-17-14(18-8(10)2)21-12-5-4-9(15)6-11(12)16/h4-7H,3,16H2,1-2H3. The Balaban J connectivity index is 2.22. The molecule has 0 atom stereocenters. The largest absolute Gasteiger partial charge is 0.462 e. The lowest BCUT2D eigenvalue weighted by molar-refractivity contribution is 0.0524. The van der Waals surface area contributed by atoms with Crippen molar-refractivity contribution in [2.45, 2.75) is 13.8 Å². The van der Waals surface area contributed by atoms with Crippen molar-refractivity contribution >= 4 is 23.3 Å². The summed E-state index contributed by atoms with van der Waals surface area (Å²) in [5.74, 6) is -0.0739. The number of carbonyl (C=O) groups excluding carboxylic acids is 1. The third kappa shape index (κ3) is 3.61. The van der Waals surface area contributed by atoms with Crippen LogP contribution in [0.4, 0.5) is 5.69 Å². The summed E-state index contributed by atoms with van der Waals surface area (Å²) in [7, 11) is 0. The molecular weight excluding hydrogens is 294 g/mol.